The monoisotopic (exact) mass is 576 g/mol. The highest BCUT2D eigenvalue weighted by Gasteiger charge is 2.34. The van der Waals surface area contributed by atoms with Crippen molar-refractivity contribution in [3.05, 3.63) is 71.3 Å². The predicted octanol–water partition coefficient (Wildman–Crippen LogP) is 3.37. The van der Waals surface area contributed by atoms with Crippen LogP contribution in [-0.4, -0.2) is 48.2 Å². The van der Waals surface area contributed by atoms with Crippen LogP contribution >= 0.6 is 52.9 Å². The van der Waals surface area contributed by atoms with Gasteiger partial charge in [-0.3, -0.25) is 19.7 Å². The molecule has 11 heteroatoms. The number of hydrogen-bond donors (Lipinski definition) is 1. The fourth-order valence-corrected chi connectivity index (χ4v) is 3.99. The Kier molecular flexibility index (Phi) is 18.6. The van der Waals surface area contributed by atoms with Gasteiger partial charge in [0.15, 0.2) is 6.23 Å². The Morgan fingerprint density at radius 1 is 1.06 bits per heavy atom. The predicted molar refractivity (Wildman–Crippen MR) is 158 cm³/mol. The van der Waals surface area contributed by atoms with Crippen molar-refractivity contribution in [1.82, 2.24) is 10.2 Å². The molecule has 0 aromatic heterocycles. The van der Waals surface area contributed by atoms with E-state index in [1.54, 1.807) is 18.7 Å². The molecule has 0 unspecified atom stereocenters. The third-order valence-corrected chi connectivity index (χ3v) is 5.65. The van der Waals surface area contributed by atoms with Crippen LogP contribution < -0.4 is 5.32 Å². The van der Waals surface area contributed by atoms with Gasteiger partial charge in [-0.25, -0.2) is 0 Å². The second kappa shape index (κ2) is 18.4. The molecule has 0 saturated carbocycles. The lowest BCUT2D eigenvalue weighted by atomic mass is 9.98. The van der Waals surface area contributed by atoms with Crippen LogP contribution in [0.1, 0.15) is 37.0 Å². The molecule has 2 aromatic carbocycles. The molecule has 0 bridgehead atoms. The van der Waals surface area contributed by atoms with Crippen molar-refractivity contribution in [2.45, 2.75) is 58.0 Å². The summed E-state index contributed by atoms with van der Waals surface area (Å²) in [6, 6.07) is 16.4. The third-order valence-electron chi connectivity index (χ3n) is 5.65. The van der Waals surface area contributed by atoms with Crippen LogP contribution in [-0.2, 0) is 43.2 Å². The first-order chi connectivity index (χ1) is 15.5. The van der Waals surface area contributed by atoms with Gasteiger partial charge in [0.2, 0.25) is 5.91 Å². The number of benzene rings is 2. The fourth-order valence-electron chi connectivity index (χ4n) is 3.99. The van der Waals surface area contributed by atoms with Crippen molar-refractivity contribution in [3.8, 4) is 0 Å². The smallest absolute Gasteiger partial charge is 0.323 e. The van der Waals surface area contributed by atoms with Gasteiger partial charge < -0.3 is 14.4 Å². The summed E-state index contributed by atoms with van der Waals surface area (Å²) in [5.74, 6) is -0.617. The summed E-state index contributed by atoms with van der Waals surface area (Å²) in [4.78, 5) is 38.4. The summed E-state index contributed by atoms with van der Waals surface area (Å²) in [5, 5.41) is 3.15. The number of rotatable bonds is 10. The lowest BCUT2D eigenvalue weighted by molar-refractivity contribution is -0.158. The zero-order valence-electron chi connectivity index (χ0n) is 20.4. The van der Waals surface area contributed by atoms with Crippen molar-refractivity contribution in [3.63, 3.8) is 0 Å². The Morgan fingerprint density at radius 2 is 1.67 bits per heavy atom. The molecule has 2 aromatic rings. The molecule has 3 rings (SSSR count). The standard InChI is InChI=1S/C25H30N2O5.ClH.3H2S/c1-3-31-25(30)22(14-13-19-9-5-4-6-10-19)26-18(2)24(29)27-16-21-12-8-7-11-20(21)15-23(27)32-17-28;;;;/h4-12,17-18,22-23,26H,3,13-16H2,1-2H3;1H;3*1H2/t18-,22-,23+;;;;/m0..../s1. The van der Waals surface area contributed by atoms with Crippen LogP contribution in [0.15, 0.2) is 54.6 Å². The number of esters is 1. The molecule has 1 N–H and O–H groups in total. The topological polar surface area (TPSA) is 84.9 Å². The normalized spacial score (nSPS) is 15.2. The Hall–Kier alpha value is -1.85. The Morgan fingerprint density at radius 3 is 2.28 bits per heavy atom. The highest BCUT2D eigenvalue weighted by Crippen LogP contribution is 2.24. The van der Waals surface area contributed by atoms with Crippen molar-refractivity contribution < 1.29 is 23.9 Å². The van der Waals surface area contributed by atoms with E-state index in [0.717, 1.165) is 16.7 Å². The summed E-state index contributed by atoms with van der Waals surface area (Å²) in [7, 11) is 0. The van der Waals surface area contributed by atoms with Gasteiger partial charge in [0.05, 0.1) is 12.6 Å². The third kappa shape index (κ3) is 9.89. The highest BCUT2D eigenvalue weighted by molar-refractivity contribution is 7.59. The first kappa shape index (κ1) is 36.3. The number of aryl methyl sites for hydroxylation is 1. The second-order valence-corrected chi connectivity index (χ2v) is 7.84. The van der Waals surface area contributed by atoms with E-state index in [2.05, 4.69) is 5.32 Å². The van der Waals surface area contributed by atoms with E-state index in [0.29, 0.717) is 32.3 Å². The van der Waals surface area contributed by atoms with Gasteiger partial charge in [-0.2, -0.15) is 40.5 Å². The number of carbonyl (C=O) groups is 3. The molecule has 202 valence electrons. The quantitative estimate of drug-likeness (QED) is 0.345. The zero-order valence-corrected chi connectivity index (χ0v) is 24.3. The van der Waals surface area contributed by atoms with Crippen LogP contribution in [0.2, 0.25) is 0 Å². The van der Waals surface area contributed by atoms with Gasteiger partial charge in [0.25, 0.3) is 6.47 Å². The molecule has 7 nitrogen and oxygen atoms in total. The van der Waals surface area contributed by atoms with Crippen molar-refractivity contribution in [1.29, 1.82) is 0 Å². The Labute approximate surface area is 240 Å². The first-order valence-electron chi connectivity index (χ1n) is 11.0. The number of halogens is 1. The lowest BCUT2D eigenvalue weighted by Crippen LogP contribution is -2.55. The number of carbonyl (C=O) groups excluding carboxylic acids is 3. The Bertz CT molecular complexity index is 939. The van der Waals surface area contributed by atoms with Crippen LogP contribution in [0.4, 0.5) is 0 Å². The molecule has 1 aliphatic heterocycles. The summed E-state index contributed by atoms with van der Waals surface area (Å²) < 4.78 is 10.5. The van der Waals surface area contributed by atoms with Crippen molar-refractivity contribution in [2.75, 3.05) is 6.61 Å². The lowest BCUT2D eigenvalue weighted by Gasteiger charge is -2.37. The van der Waals surface area contributed by atoms with Gasteiger partial charge in [-0.15, -0.1) is 12.4 Å². The Balaban J connectivity index is 0. The summed E-state index contributed by atoms with van der Waals surface area (Å²) in [6.45, 7) is 4.46. The summed E-state index contributed by atoms with van der Waals surface area (Å²) in [5.41, 5.74) is 3.18. The van der Waals surface area contributed by atoms with Gasteiger partial charge in [0.1, 0.15) is 6.04 Å². The van der Waals surface area contributed by atoms with Gasteiger partial charge >= 0.3 is 5.97 Å². The van der Waals surface area contributed by atoms with E-state index >= 15 is 0 Å². The number of hydrogen-bond acceptors (Lipinski definition) is 6. The number of nitrogens with one attached hydrogen (secondary N) is 1. The minimum Gasteiger partial charge on any atom is -0.465 e. The average Bonchev–Trinajstić information content (AvgIpc) is 2.81. The second-order valence-electron chi connectivity index (χ2n) is 7.84. The van der Waals surface area contributed by atoms with Gasteiger partial charge in [-0.1, -0.05) is 54.6 Å². The van der Waals surface area contributed by atoms with E-state index in [4.69, 9.17) is 9.47 Å². The molecule has 0 aliphatic carbocycles. The molecule has 1 heterocycles. The van der Waals surface area contributed by atoms with E-state index in [1.165, 1.54) is 0 Å². The number of ether oxygens (including phenoxy) is 2. The average molecular weight is 577 g/mol. The molecule has 0 fully saturated rings. The van der Waals surface area contributed by atoms with Gasteiger partial charge in [-0.05, 0) is 43.4 Å². The van der Waals surface area contributed by atoms with E-state index in [1.807, 2.05) is 54.6 Å². The minimum atomic E-state index is -0.676. The van der Waals surface area contributed by atoms with Crippen molar-refractivity contribution >= 4 is 71.2 Å². The molecule has 1 amide bonds. The first-order valence-corrected chi connectivity index (χ1v) is 11.0. The summed E-state index contributed by atoms with van der Waals surface area (Å²) >= 11 is 0. The maximum atomic E-state index is 13.3. The minimum absolute atomic E-state index is 0. The molecule has 1 aliphatic rings. The maximum absolute atomic E-state index is 13.3. The van der Waals surface area contributed by atoms with Crippen molar-refractivity contribution in [2.24, 2.45) is 0 Å². The van der Waals surface area contributed by atoms with Gasteiger partial charge in [0, 0.05) is 13.0 Å². The van der Waals surface area contributed by atoms with E-state index in [-0.39, 0.29) is 71.4 Å². The van der Waals surface area contributed by atoms with Crippen LogP contribution in [0.3, 0.4) is 0 Å². The van der Waals surface area contributed by atoms with Crippen LogP contribution in [0.25, 0.3) is 0 Å². The molecule has 3 atom stereocenters. The fraction of sp³-hybridized carbons (Fsp3) is 0.400. The summed E-state index contributed by atoms with van der Waals surface area (Å²) in [6.07, 6.45) is 0.927. The number of amides is 1. The van der Waals surface area contributed by atoms with E-state index in [9.17, 15) is 14.4 Å². The van der Waals surface area contributed by atoms with E-state index < -0.39 is 18.3 Å². The van der Waals surface area contributed by atoms with Crippen LogP contribution in [0.5, 0.6) is 0 Å². The highest BCUT2D eigenvalue weighted by atomic mass is 35.5. The SMILES string of the molecule is CCOC(=O)[C@H](CCc1ccccc1)N[C@@H](C)C(=O)N1Cc2ccccc2C[C@H]1OC=O.Cl.S.S.S. The molecule has 36 heavy (non-hydrogen) atoms. The number of nitrogens with zero attached hydrogens (tertiary/aromatic N) is 1. The molecular weight excluding hydrogens is 540 g/mol. The molecule has 0 spiro atoms. The van der Waals surface area contributed by atoms with Crippen LogP contribution in [0, 0.1) is 0 Å². The zero-order chi connectivity index (χ0) is 22.9. The number of fused-ring (bicyclic) bond motifs is 1. The largest absolute Gasteiger partial charge is 0.465 e. The molecular formula is C25H37ClN2O5S3. The molecule has 0 radical (unpaired) electrons. The maximum Gasteiger partial charge on any atom is 0.323 e. The molecule has 0 saturated heterocycles.